The number of rotatable bonds is 5. The van der Waals surface area contributed by atoms with Crippen molar-refractivity contribution in [1.29, 1.82) is 0 Å². The molecule has 0 spiro atoms. The summed E-state index contributed by atoms with van der Waals surface area (Å²) in [6.07, 6.45) is 1.37. The number of hydrogen-bond donors (Lipinski definition) is 1. The van der Waals surface area contributed by atoms with Gasteiger partial charge < -0.3 is 10.0 Å². The summed E-state index contributed by atoms with van der Waals surface area (Å²) in [4.78, 5) is 26.3. The third kappa shape index (κ3) is 3.40. The highest BCUT2D eigenvalue weighted by Crippen LogP contribution is 2.21. The number of carboxylic acid groups (broad SMARTS) is 1. The monoisotopic (exact) mass is 239 g/mol. The van der Waals surface area contributed by atoms with Crippen molar-refractivity contribution in [3.05, 3.63) is 27.9 Å². The van der Waals surface area contributed by atoms with Crippen molar-refractivity contribution in [3.8, 4) is 0 Å². The summed E-state index contributed by atoms with van der Waals surface area (Å²) in [5.41, 5.74) is 0.461. The molecule has 0 aliphatic carbocycles. The van der Waals surface area contributed by atoms with Crippen LogP contribution in [0.25, 0.3) is 0 Å². The van der Waals surface area contributed by atoms with Crippen LogP contribution in [0.3, 0.4) is 0 Å². The van der Waals surface area contributed by atoms with Gasteiger partial charge in [0.25, 0.3) is 5.69 Å². The lowest BCUT2D eigenvalue weighted by Crippen LogP contribution is -2.22. The molecule has 1 aromatic heterocycles. The van der Waals surface area contributed by atoms with E-state index < -0.39 is 10.9 Å². The number of nitro groups is 1. The molecule has 0 amide bonds. The number of aryl methyl sites for hydroxylation is 1. The van der Waals surface area contributed by atoms with Crippen LogP contribution < -0.4 is 4.90 Å². The van der Waals surface area contributed by atoms with Crippen LogP contribution in [-0.2, 0) is 4.79 Å². The number of nitrogens with zero attached hydrogens (tertiary/aromatic N) is 3. The molecule has 17 heavy (non-hydrogen) atoms. The van der Waals surface area contributed by atoms with Crippen LogP contribution in [0.2, 0.25) is 0 Å². The number of hydrogen-bond acceptors (Lipinski definition) is 5. The van der Waals surface area contributed by atoms with E-state index in [1.165, 1.54) is 12.3 Å². The van der Waals surface area contributed by atoms with Gasteiger partial charge in [0, 0.05) is 25.4 Å². The molecular formula is C10H13N3O4. The van der Waals surface area contributed by atoms with Gasteiger partial charge in [-0.3, -0.25) is 14.9 Å². The first-order valence-corrected chi connectivity index (χ1v) is 4.95. The van der Waals surface area contributed by atoms with Gasteiger partial charge in [0.1, 0.15) is 5.82 Å². The Hall–Kier alpha value is -2.18. The first-order valence-electron chi connectivity index (χ1n) is 4.95. The molecule has 0 aliphatic rings. The number of anilines is 1. The van der Waals surface area contributed by atoms with Crippen LogP contribution in [-0.4, -0.2) is 34.6 Å². The largest absolute Gasteiger partial charge is 0.481 e. The van der Waals surface area contributed by atoms with Crippen molar-refractivity contribution < 1.29 is 14.8 Å². The molecule has 92 valence electrons. The number of aliphatic carboxylic acids is 1. The Morgan fingerprint density at radius 2 is 2.29 bits per heavy atom. The summed E-state index contributed by atoms with van der Waals surface area (Å²) in [6.45, 7) is 1.86. The third-order valence-electron chi connectivity index (χ3n) is 2.31. The molecule has 0 unspecified atom stereocenters. The molecule has 1 rings (SSSR count). The van der Waals surface area contributed by atoms with E-state index in [2.05, 4.69) is 4.98 Å². The van der Waals surface area contributed by atoms with Crippen LogP contribution >= 0.6 is 0 Å². The molecule has 0 saturated carbocycles. The highest BCUT2D eigenvalue weighted by molar-refractivity contribution is 5.67. The fourth-order valence-corrected chi connectivity index (χ4v) is 1.29. The SMILES string of the molecule is Cc1cnc(N(C)CCC(=O)O)cc1[N+](=O)[O-]. The van der Waals surface area contributed by atoms with Crippen LogP contribution in [0.1, 0.15) is 12.0 Å². The lowest BCUT2D eigenvalue weighted by atomic mass is 10.2. The maximum Gasteiger partial charge on any atom is 0.305 e. The smallest absolute Gasteiger partial charge is 0.305 e. The van der Waals surface area contributed by atoms with Crippen molar-refractivity contribution in [1.82, 2.24) is 4.98 Å². The molecule has 7 nitrogen and oxygen atoms in total. The lowest BCUT2D eigenvalue weighted by Gasteiger charge is -2.16. The quantitative estimate of drug-likeness (QED) is 0.612. The molecule has 0 fully saturated rings. The summed E-state index contributed by atoms with van der Waals surface area (Å²) in [5.74, 6) is -0.526. The van der Waals surface area contributed by atoms with E-state index in [0.29, 0.717) is 11.4 Å². The summed E-state index contributed by atoms with van der Waals surface area (Å²) < 4.78 is 0. The van der Waals surface area contributed by atoms with Crippen molar-refractivity contribution in [3.63, 3.8) is 0 Å². The topological polar surface area (TPSA) is 96.6 Å². The van der Waals surface area contributed by atoms with Crippen molar-refractivity contribution >= 4 is 17.5 Å². The van der Waals surface area contributed by atoms with Gasteiger partial charge in [0.15, 0.2) is 0 Å². The Labute approximate surface area is 97.8 Å². The summed E-state index contributed by atoms with van der Waals surface area (Å²) in [7, 11) is 1.64. The Morgan fingerprint density at radius 1 is 1.65 bits per heavy atom. The molecule has 0 radical (unpaired) electrons. The van der Waals surface area contributed by atoms with E-state index in [1.54, 1.807) is 18.9 Å². The van der Waals surface area contributed by atoms with E-state index in [1.807, 2.05) is 0 Å². The first kappa shape index (κ1) is 12.9. The third-order valence-corrected chi connectivity index (χ3v) is 2.31. The van der Waals surface area contributed by atoms with E-state index in [4.69, 9.17) is 5.11 Å². The van der Waals surface area contributed by atoms with Gasteiger partial charge in [0.2, 0.25) is 0 Å². The van der Waals surface area contributed by atoms with Gasteiger partial charge in [-0.1, -0.05) is 0 Å². The zero-order chi connectivity index (χ0) is 13.0. The zero-order valence-electron chi connectivity index (χ0n) is 9.58. The van der Waals surface area contributed by atoms with E-state index in [9.17, 15) is 14.9 Å². The average molecular weight is 239 g/mol. The normalized spacial score (nSPS) is 10.0. The molecule has 0 saturated heterocycles. The van der Waals surface area contributed by atoms with E-state index in [-0.39, 0.29) is 18.7 Å². The minimum absolute atomic E-state index is 0.0165. The van der Waals surface area contributed by atoms with Crippen molar-refractivity contribution in [2.75, 3.05) is 18.5 Å². The summed E-state index contributed by atoms with van der Waals surface area (Å²) in [6, 6.07) is 1.34. The molecular weight excluding hydrogens is 226 g/mol. The van der Waals surface area contributed by atoms with Gasteiger partial charge in [-0.25, -0.2) is 4.98 Å². The van der Waals surface area contributed by atoms with Gasteiger partial charge in [0.05, 0.1) is 17.4 Å². The minimum Gasteiger partial charge on any atom is -0.481 e. The average Bonchev–Trinajstić information content (AvgIpc) is 2.26. The summed E-state index contributed by atoms with van der Waals surface area (Å²) >= 11 is 0. The molecule has 7 heteroatoms. The predicted molar refractivity (Wildman–Crippen MR) is 61.2 cm³/mol. The lowest BCUT2D eigenvalue weighted by molar-refractivity contribution is -0.385. The molecule has 1 heterocycles. The van der Waals surface area contributed by atoms with Crippen molar-refractivity contribution in [2.45, 2.75) is 13.3 Å². The second-order valence-electron chi connectivity index (χ2n) is 3.65. The number of carboxylic acids is 1. The summed E-state index contributed by atoms with van der Waals surface area (Å²) in [5, 5.41) is 19.3. The Morgan fingerprint density at radius 3 is 2.82 bits per heavy atom. The van der Waals surface area contributed by atoms with Gasteiger partial charge >= 0.3 is 5.97 Å². The maximum atomic E-state index is 10.7. The van der Waals surface area contributed by atoms with Crippen LogP contribution in [0.5, 0.6) is 0 Å². The molecule has 1 aromatic rings. The number of pyridine rings is 1. The highest BCUT2D eigenvalue weighted by atomic mass is 16.6. The van der Waals surface area contributed by atoms with Crippen LogP contribution in [0.4, 0.5) is 11.5 Å². The fraction of sp³-hybridized carbons (Fsp3) is 0.400. The van der Waals surface area contributed by atoms with Gasteiger partial charge in [-0.05, 0) is 6.92 Å². The van der Waals surface area contributed by atoms with E-state index >= 15 is 0 Å². The number of aromatic nitrogens is 1. The fourth-order valence-electron chi connectivity index (χ4n) is 1.29. The maximum absolute atomic E-state index is 10.7. The Balaban J connectivity index is 2.87. The van der Waals surface area contributed by atoms with Crippen LogP contribution in [0.15, 0.2) is 12.3 Å². The standard InChI is InChI=1S/C10H13N3O4/c1-7-6-11-9(5-8(7)13(16)17)12(2)4-3-10(14)15/h5-6H,3-4H2,1-2H3,(H,14,15). The van der Waals surface area contributed by atoms with Gasteiger partial charge in [-0.2, -0.15) is 0 Å². The molecule has 0 bridgehead atoms. The second-order valence-corrected chi connectivity index (χ2v) is 3.65. The minimum atomic E-state index is -0.918. The molecule has 0 aromatic carbocycles. The highest BCUT2D eigenvalue weighted by Gasteiger charge is 2.14. The Kier molecular flexibility index (Phi) is 3.97. The predicted octanol–water partition coefficient (Wildman–Crippen LogP) is 1.21. The molecule has 0 aliphatic heterocycles. The van der Waals surface area contributed by atoms with E-state index in [0.717, 1.165) is 0 Å². The number of carbonyl (C=O) groups is 1. The Bertz CT molecular complexity index is 447. The van der Waals surface area contributed by atoms with Crippen molar-refractivity contribution in [2.24, 2.45) is 0 Å². The first-order chi connectivity index (χ1) is 7.91. The molecule has 1 N–H and O–H groups in total. The zero-order valence-corrected chi connectivity index (χ0v) is 9.58. The second kappa shape index (κ2) is 5.24. The van der Waals surface area contributed by atoms with Crippen LogP contribution in [0, 0.1) is 17.0 Å². The van der Waals surface area contributed by atoms with Gasteiger partial charge in [-0.15, -0.1) is 0 Å². The molecule has 0 atom stereocenters.